The van der Waals surface area contributed by atoms with Crippen LogP contribution in [0.3, 0.4) is 0 Å². The highest BCUT2D eigenvalue weighted by molar-refractivity contribution is 7.22. The van der Waals surface area contributed by atoms with Crippen LogP contribution in [0, 0.1) is 0 Å². The molecule has 0 amide bonds. The molecule has 1 saturated heterocycles. The van der Waals surface area contributed by atoms with Crippen molar-refractivity contribution in [2.45, 2.75) is 12.8 Å². The summed E-state index contributed by atoms with van der Waals surface area (Å²) < 4.78 is 6.98. The maximum Gasteiger partial charge on any atom is 0.119 e. The highest BCUT2D eigenvalue weighted by atomic mass is 32.1. The lowest BCUT2D eigenvalue weighted by Gasteiger charge is -2.14. The van der Waals surface area contributed by atoms with Gasteiger partial charge in [-0.05, 0) is 61.8 Å². The number of likely N-dealkylation sites (tertiary alicyclic amines) is 1. The van der Waals surface area contributed by atoms with Crippen molar-refractivity contribution in [1.82, 2.24) is 14.9 Å². The first kappa shape index (κ1) is 14.6. The topological polar surface area (TPSA) is 38.2 Å². The van der Waals surface area contributed by atoms with E-state index in [1.807, 2.05) is 6.20 Å². The van der Waals surface area contributed by atoms with E-state index >= 15 is 0 Å². The average molecular weight is 325 g/mol. The van der Waals surface area contributed by atoms with Crippen molar-refractivity contribution in [3.05, 3.63) is 42.9 Å². The highest BCUT2D eigenvalue weighted by Gasteiger charge is 2.11. The van der Waals surface area contributed by atoms with Crippen LogP contribution < -0.4 is 4.74 Å². The molecule has 5 heteroatoms. The van der Waals surface area contributed by atoms with Gasteiger partial charge in [-0.15, -0.1) is 11.3 Å². The molecule has 0 unspecified atom stereocenters. The van der Waals surface area contributed by atoms with Crippen LogP contribution in [0.1, 0.15) is 12.8 Å². The first-order chi connectivity index (χ1) is 11.4. The first-order valence-corrected chi connectivity index (χ1v) is 8.85. The third-order valence-corrected chi connectivity index (χ3v) is 5.32. The van der Waals surface area contributed by atoms with E-state index in [0.29, 0.717) is 0 Å². The number of hydrogen-bond acceptors (Lipinski definition) is 5. The Hall–Kier alpha value is -1.98. The van der Waals surface area contributed by atoms with Crippen molar-refractivity contribution in [2.24, 2.45) is 0 Å². The number of thiophene rings is 1. The van der Waals surface area contributed by atoms with Gasteiger partial charge in [-0.25, -0.2) is 9.97 Å². The van der Waals surface area contributed by atoms with Crippen LogP contribution in [0.15, 0.2) is 42.9 Å². The first-order valence-electron chi connectivity index (χ1n) is 8.04. The number of fused-ring (bicyclic) bond motifs is 1. The van der Waals surface area contributed by atoms with E-state index in [1.165, 1.54) is 36.4 Å². The SMILES string of the molecule is c1ncc2sc(-c3ccc(OCCN4CCCC4)cc3)cc2n1. The highest BCUT2D eigenvalue weighted by Crippen LogP contribution is 2.32. The summed E-state index contributed by atoms with van der Waals surface area (Å²) in [4.78, 5) is 12.0. The van der Waals surface area contributed by atoms with Gasteiger partial charge in [-0.1, -0.05) is 0 Å². The summed E-state index contributed by atoms with van der Waals surface area (Å²) in [6.07, 6.45) is 6.12. The molecule has 4 nitrogen and oxygen atoms in total. The quantitative estimate of drug-likeness (QED) is 0.714. The van der Waals surface area contributed by atoms with Gasteiger partial charge in [-0.3, -0.25) is 4.90 Å². The van der Waals surface area contributed by atoms with Gasteiger partial charge in [-0.2, -0.15) is 0 Å². The summed E-state index contributed by atoms with van der Waals surface area (Å²) in [5.74, 6) is 0.939. The number of benzene rings is 1. The Balaban J connectivity index is 1.40. The maximum absolute atomic E-state index is 5.86. The molecular formula is C18H19N3OS. The molecule has 0 atom stereocenters. The van der Waals surface area contributed by atoms with Crippen molar-refractivity contribution in [3.8, 4) is 16.2 Å². The molecule has 0 radical (unpaired) electrons. The fourth-order valence-corrected chi connectivity index (χ4v) is 3.93. The summed E-state index contributed by atoms with van der Waals surface area (Å²) in [6, 6.07) is 10.4. The Kier molecular flexibility index (Phi) is 4.22. The number of ether oxygens (including phenoxy) is 1. The molecule has 0 bridgehead atoms. The molecule has 3 heterocycles. The van der Waals surface area contributed by atoms with E-state index < -0.39 is 0 Å². The molecule has 3 aromatic rings. The Morgan fingerprint density at radius 2 is 1.96 bits per heavy atom. The van der Waals surface area contributed by atoms with Crippen molar-refractivity contribution < 1.29 is 4.74 Å². The second-order valence-corrected chi connectivity index (χ2v) is 6.89. The van der Waals surface area contributed by atoms with Crippen LogP contribution in [-0.2, 0) is 0 Å². The molecule has 0 aliphatic carbocycles. The minimum Gasteiger partial charge on any atom is -0.492 e. The van der Waals surface area contributed by atoms with Crippen molar-refractivity contribution in [2.75, 3.05) is 26.2 Å². The number of aromatic nitrogens is 2. The van der Waals surface area contributed by atoms with Crippen LogP contribution in [-0.4, -0.2) is 41.1 Å². The predicted octanol–water partition coefficient (Wildman–Crippen LogP) is 3.83. The summed E-state index contributed by atoms with van der Waals surface area (Å²) in [5.41, 5.74) is 2.20. The molecule has 1 fully saturated rings. The predicted molar refractivity (Wildman–Crippen MR) is 94.0 cm³/mol. The molecule has 1 aromatic carbocycles. The van der Waals surface area contributed by atoms with Crippen LogP contribution in [0.2, 0.25) is 0 Å². The van der Waals surface area contributed by atoms with Crippen molar-refractivity contribution in [1.29, 1.82) is 0 Å². The van der Waals surface area contributed by atoms with Crippen LogP contribution in [0.5, 0.6) is 5.75 Å². The van der Waals surface area contributed by atoms with Gasteiger partial charge in [0.15, 0.2) is 0 Å². The molecule has 1 aliphatic rings. The third kappa shape index (κ3) is 3.35. The molecule has 0 spiro atoms. The maximum atomic E-state index is 5.86. The summed E-state index contributed by atoms with van der Waals surface area (Å²) in [6.45, 7) is 4.23. The lowest BCUT2D eigenvalue weighted by atomic mass is 10.2. The number of nitrogens with zero attached hydrogens (tertiary/aromatic N) is 3. The zero-order chi connectivity index (χ0) is 15.5. The normalized spacial score (nSPS) is 15.3. The Morgan fingerprint density at radius 3 is 2.74 bits per heavy atom. The van der Waals surface area contributed by atoms with E-state index in [0.717, 1.165) is 29.1 Å². The molecule has 2 aromatic heterocycles. The Bertz CT molecular complexity index is 745. The monoisotopic (exact) mass is 325 g/mol. The van der Waals surface area contributed by atoms with Crippen molar-refractivity contribution >= 4 is 21.6 Å². The lowest BCUT2D eigenvalue weighted by Crippen LogP contribution is -2.25. The van der Waals surface area contributed by atoms with Crippen LogP contribution >= 0.6 is 11.3 Å². The van der Waals surface area contributed by atoms with Crippen LogP contribution in [0.25, 0.3) is 20.7 Å². The van der Waals surface area contributed by atoms with E-state index in [9.17, 15) is 0 Å². The number of hydrogen-bond donors (Lipinski definition) is 0. The van der Waals surface area contributed by atoms with E-state index in [1.54, 1.807) is 17.7 Å². The van der Waals surface area contributed by atoms with Gasteiger partial charge in [0.25, 0.3) is 0 Å². The zero-order valence-corrected chi connectivity index (χ0v) is 13.8. The Labute approximate surface area is 139 Å². The minimum absolute atomic E-state index is 0.762. The molecule has 4 rings (SSSR count). The largest absolute Gasteiger partial charge is 0.492 e. The Morgan fingerprint density at radius 1 is 1.13 bits per heavy atom. The second-order valence-electron chi connectivity index (χ2n) is 5.80. The smallest absolute Gasteiger partial charge is 0.119 e. The van der Waals surface area contributed by atoms with E-state index in [2.05, 4.69) is 45.2 Å². The molecular weight excluding hydrogens is 306 g/mol. The zero-order valence-electron chi connectivity index (χ0n) is 12.9. The standard InChI is InChI=1S/C18H19N3OS/c1-2-8-21(7-1)9-10-22-15-5-3-14(4-6-15)17-11-16-18(23-17)12-19-13-20-16/h3-6,11-13H,1-2,7-10H2. The molecule has 118 valence electrons. The van der Waals surface area contributed by atoms with Crippen molar-refractivity contribution in [3.63, 3.8) is 0 Å². The lowest BCUT2D eigenvalue weighted by molar-refractivity contribution is 0.238. The van der Waals surface area contributed by atoms with Gasteiger partial charge in [0, 0.05) is 17.6 Å². The van der Waals surface area contributed by atoms with E-state index in [4.69, 9.17) is 4.74 Å². The molecule has 23 heavy (non-hydrogen) atoms. The molecule has 0 N–H and O–H groups in total. The summed E-state index contributed by atoms with van der Waals surface area (Å²) in [7, 11) is 0. The van der Waals surface area contributed by atoms with Gasteiger partial charge in [0.1, 0.15) is 18.7 Å². The van der Waals surface area contributed by atoms with Gasteiger partial charge >= 0.3 is 0 Å². The summed E-state index contributed by atoms with van der Waals surface area (Å²) in [5, 5.41) is 0. The molecule has 0 saturated carbocycles. The fraction of sp³-hybridized carbons (Fsp3) is 0.333. The third-order valence-electron chi connectivity index (χ3n) is 4.21. The minimum atomic E-state index is 0.762. The van der Waals surface area contributed by atoms with Crippen LogP contribution in [0.4, 0.5) is 0 Å². The molecule has 1 aliphatic heterocycles. The van der Waals surface area contributed by atoms with Gasteiger partial charge in [0.05, 0.1) is 10.2 Å². The average Bonchev–Trinajstić information content (AvgIpc) is 3.24. The summed E-state index contributed by atoms with van der Waals surface area (Å²) >= 11 is 1.72. The van der Waals surface area contributed by atoms with Gasteiger partial charge in [0.2, 0.25) is 0 Å². The second kappa shape index (κ2) is 6.64. The fourth-order valence-electron chi connectivity index (χ4n) is 2.94. The number of rotatable bonds is 5. The van der Waals surface area contributed by atoms with E-state index in [-0.39, 0.29) is 0 Å². The van der Waals surface area contributed by atoms with Gasteiger partial charge < -0.3 is 4.74 Å².